The summed E-state index contributed by atoms with van der Waals surface area (Å²) in [6, 6.07) is 11.7. The van der Waals surface area contributed by atoms with Crippen molar-refractivity contribution in [1.82, 2.24) is 4.90 Å². The Morgan fingerprint density at radius 2 is 1.74 bits per heavy atom. The van der Waals surface area contributed by atoms with Gasteiger partial charge in [0.2, 0.25) is 11.8 Å². The van der Waals surface area contributed by atoms with E-state index in [0.29, 0.717) is 16.3 Å². The zero-order chi connectivity index (χ0) is 20.0. The van der Waals surface area contributed by atoms with Crippen LogP contribution >= 0.6 is 11.6 Å². The minimum Gasteiger partial charge on any atom is -0.406 e. The molecule has 0 atom stereocenters. The number of rotatable bonds is 6. The lowest BCUT2D eigenvalue weighted by Gasteiger charge is -2.17. The van der Waals surface area contributed by atoms with Crippen LogP contribution in [-0.2, 0) is 16.0 Å². The van der Waals surface area contributed by atoms with E-state index in [-0.39, 0.29) is 24.6 Å². The largest absolute Gasteiger partial charge is 0.573 e. The Morgan fingerprint density at radius 1 is 1.11 bits per heavy atom. The number of halogens is 4. The Labute approximate surface area is 158 Å². The monoisotopic (exact) mass is 400 g/mol. The number of amides is 2. The molecule has 0 unspecified atom stereocenters. The minimum absolute atomic E-state index is 0.0673. The molecule has 27 heavy (non-hydrogen) atoms. The number of ether oxygens (including phenoxy) is 1. The van der Waals surface area contributed by atoms with E-state index in [1.165, 1.54) is 24.1 Å². The van der Waals surface area contributed by atoms with Gasteiger partial charge in [-0.1, -0.05) is 35.9 Å². The summed E-state index contributed by atoms with van der Waals surface area (Å²) in [5, 5.41) is 2.98. The summed E-state index contributed by atoms with van der Waals surface area (Å²) in [6.07, 6.45) is -4.84. The molecular weight excluding hydrogens is 385 g/mol. The van der Waals surface area contributed by atoms with Gasteiger partial charge in [0.15, 0.2) is 0 Å². The average molecular weight is 401 g/mol. The number of nitrogens with one attached hydrogen (secondary N) is 1. The summed E-state index contributed by atoms with van der Waals surface area (Å²) in [5.41, 5.74) is 0.929. The molecule has 144 valence electrons. The summed E-state index contributed by atoms with van der Waals surface area (Å²) in [7, 11) is 1.45. The molecule has 0 radical (unpaired) electrons. The Hall–Kier alpha value is -2.74. The number of hydrogen-bond acceptors (Lipinski definition) is 3. The molecular formula is C18H16ClF3N2O3. The second kappa shape index (κ2) is 8.77. The number of para-hydroxylation sites is 1. The quantitative estimate of drug-likeness (QED) is 0.800. The molecule has 0 saturated heterocycles. The summed E-state index contributed by atoms with van der Waals surface area (Å²) < 4.78 is 40.2. The van der Waals surface area contributed by atoms with E-state index in [4.69, 9.17) is 11.6 Å². The van der Waals surface area contributed by atoms with Crippen molar-refractivity contribution in [2.75, 3.05) is 18.9 Å². The first-order valence-corrected chi connectivity index (χ1v) is 8.15. The second-order valence-corrected chi connectivity index (χ2v) is 6.05. The van der Waals surface area contributed by atoms with E-state index in [1.54, 1.807) is 24.3 Å². The maximum Gasteiger partial charge on any atom is 0.573 e. The first-order chi connectivity index (χ1) is 12.6. The van der Waals surface area contributed by atoms with Gasteiger partial charge in [-0.3, -0.25) is 9.59 Å². The normalized spacial score (nSPS) is 11.0. The molecule has 2 rings (SSSR count). The van der Waals surface area contributed by atoms with E-state index in [0.717, 1.165) is 12.1 Å². The Balaban J connectivity index is 1.88. The van der Waals surface area contributed by atoms with E-state index < -0.39 is 12.3 Å². The van der Waals surface area contributed by atoms with Crippen LogP contribution in [0.2, 0.25) is 5.02 Å². The van der Waals surface area contributed by atoms with Crippen LogP contribution < -0.4 is 10.1 Å². The number of benzene rings is 2. The van der Waals surface area contributed by atoms with Gasteiger partial charge < -0.3 is 15.0 Å². The fraction of sp³-hybridized carbons (Fsp3) is 0.222. The van der Waals surface area contributed by atoms with Gasteiger partial charge >= 0.3 is 6.36 Å². The van der Waals surface area contributed by atoms with E-state index in [2.05, 4.69) is 10.1 Å². The zero-order valence-corrected chi connectivity index (χ0v) is 15.0. The zero-order valence-electron chi connectivity index (χ0n) is 14.2. The lowest BCUT2D eigenvalue weighted by Crippen LogP contribution is -2.35. The van der Waals surface area contributed by atoms with Crippen LogP contribution in [0.25, 0.3) is 0 Å². The highest BCUT2D eigenvalue weighted by Gasteiger charge is 2.31. The van der Waals surface area contributed by atoms with Crippen LogP contribution in [0.3, 0.4) is 0 Å². The topological polar surface area (TPSA) is 58.6 Å². The van der Waals surface area contributed by atoms with E-state index in [9.17, 15) is 22.8 Å². The molecule has 5 nitrogen and oxygen atoms in total. The lowest BCUT2D eigenvalue weighted by molar-refractivity contribution is -0.274. The number of hydrogen-bond donors (Lipinski definition) is 1. The van der Waals surface area contributed by atoms with Crippen LogP contribution in [0.4, 0.5) is 18.9 Å². The highest BCUT2D eigenvalue weighted by Crippen LogP contribution is 2.23. The minimum atomic E-state index is -4.77. The lowest BCUT2D eigenvalue weighted by atomic mass is 10.1. The average Bonchev–Trinajstić information content (AvgIpc) is 2.57. The summed E-state index contributed by atoms with van der Waals surface area (Å²) in [4.78, 5) is 25.4. The van der Waals surface area contributed by atoms with Gasteiger partial charge in [0, 0.05) is 7.05 Å². The molecule has 0 saturated carbocycles. The molecule has 2 amide bonds. The van der Waals surface area contributed by atoms with Crippen LogP contribution in [-0.4, -0.2) is 36.7 Å². The predicted octanol–water partition coefficient (Wildman–Crippen LogP) is 3.88. The van der Waals surface area contributed by atoms with Crippen LogP contribution in [0, 0.1) is 0 Å². The fourth-order valence-electron chi connectivity index (χ4n) is 2.17. The van der Waals surface area contributed by atoms with Crippen LogP contribution in [0.15, 0.2) is 48.5 Å². The molecule has 0 aliphatic heterocycles. The van der Waals surface area contributed by atoms with Crippen molar-refractivity contribution in [3.05, 3.63) is 59.1 Å². The van der Waals surface area contributed by atoms with Gasteiger partial charge in [0.1, 0.15) is 5.75 Å². The molecule has 9 heteroatoms. The number of alkyl halides is 3. The van der Waals surface area contributed by atoms with Crippen molar-refractivity contribution in [3.8, 4) is 5.75 Å². The van der Waals surface area contributed by atoms with Crippen molar-refractivity contribution < 1.29 is 27.5 Å². The van der Waals surface area contributed by atoms with E-state index in [1.807, 2.05) is 0 Å². The third-order valence-electron chi connectivity index (χ3n) is 3.47. The number of likely N-dealkylation sites (N-methyl/N-ethyl adjacent to an activating group) is 1. The van der Waals surface area contributed by atoms with E-state index >= 15 is 0 Å². The first-order valence-electron chi connectivity index (χ1n) is 7.77. The first kappa shape index (κ1) is 20.6. The molecule has 2 aromatic rings. The third kappa shape index (κ3) is 6.82. The van der Waals surface area contributed by atoms with Gasteiger partial charge in [-0.2, -0.15) is 0 Å². The van der Waals surface area contributed by atoms with Crippen molar-refractivity contribution in [1.29, 1.82) is 0 Å². The molecule has 0 spiro atoms. The number of anilines is 1. The summed E-state index contributed by atoms with van der Waals surface area (Å²) in [6.45, 7) is -0.195. The van der Waals surface area contributed by atoms with Crippen LogP contribution in [0.1, 0.15) is 5.56 Å². The molecule has 0 heterocycles. The number of carbonyl (C=O) groups is 2. The Bertz CT molecular complexity index is 810. The van der Waals surface area contributed by atoms with Gasteiger partial charge in [0.25, 0.3) is 0 Å². The molecule has 0 aromatic heterocycles. The second-order valence-electron chi connectivity index (χ2n) is 5.65. The highest BCUT2D eigenvalue weighted by atomic mass is 35.5. The van der Waals surface area contributed by atoms with Crippen molar-refractivity contribution in [2.45, 2.75) is 12.8 Å². The smallest absolute Gasteiger partial charge is 0.406 e. The van der Waals surface area contributed by atoms with Gasteiger partial charge in [0.05, 0.1) is 23.7 Å². The van der Waals surface area contributed by atoms with Gasteiger partial charge in [-0.05, 0) is 29.8 Å². The molecule has 0 bridgehead atoms. The van der Waals surface area contributed by atoms with Crippen molar-refractivity contribution >= 4 is 29.1 Å². The Kier molecular flexibility index (Phi) is 6.68. The highest BCUT2D eigenvalue weighted by molar-refractivity contribution is 6.33. The molecule has 2 aromatic carbocycles. The number of carbonyl (C=O) groups excluding carboxylic acids is 2. The fourth-order valence-corrected chi connectivity index (χ4v) is 2.36. The predicted molar refractivity (Wildman–Crippen MR) is 94.5 cm³/mol. The molecule has 1 N–H and O–H groups in total. The SMILES string of the molecule is CN(CC(=O)Nc1ccccc1Cl)C(=O)Cc1ccc(OC(F)(F)F)cc1. The van der Waals surface area contributed by atoms with Gasteiger partial charge in [-0.15, -0.1) is 13.2 Å². The summed E-state index contributed by atoms with van der Waals surface area (Å²) in [5.74, 6) is -1.16. The molecule has 0 fully saturated rings. The molecule has 0 aliphatic carbocycles. The maximum absolute atomic E-state index is 12.2. The Morgan fingerprint density at radius 3 is 2.33 bits per heavy atom. The third-order valence-corrected chi connectivity index (χ3v) is 3.80. The van der Waals surface area contributed by atoms with Crippen molar-refractivity contribution in [2.24, 2.45) is 0 Å². The van der Waals surface area contributed by atoms with Crippen LogP contribution in [0.5, 0.6) is 5.75 Å². The molecule has 0 aliphatic rings. The number of nitrogens with zero attached hydrogens (tertiary/aromatic N) is 1. The standard InChI is InChI=1S/C18H16ClF3N2O3/c1-24(11-16(25)23-15-5-3-2-4-14(15)19)17(26)10-12-6-8-13(9-7-12)27-18(20,21)22/h2-9H,10-11H2,1H3,(H,23,25). The summed E-state index contributed by atoms with van der Waals surface area (Å²) >= 11 is 5.95. The van der Waals surface area contributed by atoms with Crippen molar-refractivity contribution in [3.63, 3.8) is 0 Å². The van der Waals surface area contributed by atoms with Gasteiger partial charge in [-0.25, -0.2) is 0 Å². The maximum atomic E-state index is 12.2.